The van der Waals surface area contributed by atoms with Gasteiger partial charge in [0.25, 0.3) is 0 Å². The molecule has 0 radical (unpaired) electrons. The van der Waals surface area contributed by atoms with Crippen LogP contribution in [0.2, 0.25) is 0 Å². The van der Waals surface area contributed by atoms with Crippen LogP contribution in [-0.2, 0) is 0 Å². The number of hydrogen-bond donors (Lipinski definition) is 0. The van der Waals surface area contributed by atoms with Crippen LogP contribution in [0, 0.1) is 0 Å². The minimum absolute atomic E-state index is 0.901. The largest absolute Gasteiger partial charge is 0.455 e. The highest BCUT2D eigenvalue weighted by Crippen LogP contribution is 2.48. The number of nitrogens with zero attached hydrogens (tertiary/aromatic N) is 1. The van der Waals surface area contributed by atoms with Crippen molar-refractivity contribution in [1.82, 2.24) is 0 Å². The molecular formula is C46H29NO. The molecule has 48 heavy (non-hydrogen) atoms. The second kappa shape index (κ2) is 10.6. The Labute approximate surface area is 277 Å². The third-order valence-corrected chi connectivity index (χ3v) is 9.82. The van der Waals surface area contributed by atoms with Crippen LogP contribution in [0.15, 0.2) is 180 Å². The van der Waals surface area contributed by atoms with Crippen molar-refractivity contribution < 1.29 is 4.42 Å². The number of anilines is 3. The Morgan fingerprint density at radius 2 is 0.833 bits per heavy atom. The van der Waals surface area contributed by atoms with Crippen LogP contribution >= 0.6 is 0 Å². The summed E-state index contributed by atoms with van der Waals surface area (Å²) in [5.74, 6) is 0. The molecule has 0 fully saturated rings. The van der Waals surface area contributed by atoms with Gasteiger partial charge >= 0.3 is 0 Å². The van der Waals surface area contributed by atoms with Gasteiger partial charge in [0.05, 0.1) is 17.1 Å². The number of rotatable bonds is 4. The Hall–Kier alpha value is -6.38. The van der Waals surface area contributed by atoms with Crippen molar-refractivity contribution in [1.29, 1.82) is 0 Å². The van der Waals surface area contributed by atoms with Crippen molar-refractivity contribution in [2.75, 3.05) is 4.90 Å². The number of hydrogen-bond acceptors (Lipinski definition) is 2. The molecule has 0 saturated heterocycles. The molecule has 1 aromatic heterocycles. The molecule has 0 aliphatic heterocycles. The summed E-state index contributed by atoms with van der Waals surface area (Å²) in [6, 6.07) is 63.3. The van der Waals surface area contributed by atoms with Gasteiger partial charge in [0, 0.05) is 38.1 Å². The first-order chi connectivity index (χ1) is 23.8. The average molecular weight is 612 g/mol. The maximum absolute atomic E-state index is 6.88. The van der Waals surface area contributed by atoms with Gasteiger partial charge in [0.15, 0.2) is 0 Å². The Balaban J connectivity index is 1.31. The highest BCUT2D eigenvalue weighted by molar-refractivity contribution is 6.19. The monoisotopic (exact) mass is 611 g/mol. The van der Waals surface area contributed by atoms with E-state index >= 15 is 0 Å². The number of benzene rings is 9. The smallest absolute Gasteiger partial charge is 0.143 e. The van der Waals surface area contributed by atoms with Crippen LogP contribution in [0.3, 0.4) is 0 Å². The third-order valence-electron chi connectivity index (χ3n) is 9.82. The summed E-state index contributed by atoms with van der Waals surface area (Å²) in [7, 11) is 0. The zero-order valence-corrected chi connectivity index (χ0v) is 26.1. The normalized spacial score (nSPS) is 11.8. The van der Waals surface area contributed by atoms with E-state index in [9.17, 15) is 0 Å². The van der Waals surface area contributed by atoms with Crippen molar-refractivity contribution in [2.45, 2.75) is 0 Å². The Kier molecular flexibility index (Phi) is 5.91. The molecule has 10 aromatic rings. The summed E-state index contributed by atoms with van der Waals surface area (Å²) in [5.41, 5.74) is 7.36. The number of furan rings is 1. The van der Waals surface area contributed by atoms with Crippen molar-refractivity contribution in [3.63, 3.8) is 0 Å². The molecule has 0 atom stereocenters. The van der Waals surface area contributed by atoms with E-state index in [4.69, 9.17) is 4.42 Å². The first-order valence-corrected chi connectivity index (χ1v) is 16.4. The lowest BCUT2D eigenvalue weighted by molar-refractivity contribution is 0.674. The van der Waals surface area contributed by atoms with Gasteiger partial charge in [-0.3, -0.25) is 0 Å². The van der Waals surface area contributed by atoms with E-state index in [1.165, 1.54) is 37.7 Å². The van der Waals surface area contributed by atoms with Crippen molar-refractivity contribution in [3.05, 3.63) is 176 Å². The van der Waals surface area contributed by atoms with E-state index in [2.05, 4.69) is 181 Å². The molecule has 0 aliphatic rings. The third kappa shape index (κ3) is 4.00. The molecule has 0 aliphatic carbocycles. The molecule has 0 bridgehead atoms. The predicted molar refractivity (Wildman–Crippen MR) is 204 cm³/mol. The summed E-state index contributed by atoms with van der Waals surface area (Å²) in [4.78, 5) is 2.46. The van der Waals surface area contributed by atoms with E-state index in [0.717, 1.165) is 55.5 Å². The Morgan fingerprint density at radius 1 is 0.292 bits per heavy atom. The second-order valence-electron chi connectivity index (χ2n) is 12.5. The topological polar surface area (TPSA) is 16.4 Å². The van der Waals surface area contributed by atoms with Crippen LogP contribution < -0.4 is 4.90 Å². The molecule has 0 spiro atoms. The van der Waals surface area contributed by atoms with E-state index < -0.39 is 0 Å². The Bertz CT molecular complexity index is 2860. The fourth-order valence-corrected chi connectivity index (χ4v) is 7.65. The lowest BCUT2D eigenvalue weighted by Crippen LogP contribution is -2.12. The zero-order chi connectivity index (χ0) is 31.6. The fraction of sp³-hybridized carbons (Fsp3) is 0. The maximum atomic E-state index is 6.88. The summed E-state index contributed by atoms with van der Waals surface area (Å²) < 4.78 is 6.88. The maximum Gasteiger partial charge on any atom is 0.143 e. The van der Waals surface area contributed by atoms with E-state index in [1.807, 2.05) is 0 Å². The molecule has 1 heterocycles. The summed E-state index contributed by atoms with van der Waals surface area (Å²) in [6.45, 7) is 0. The second-order valence-corrected chi connectivity index (χ2v) is 12.5. The standard InChI is InChI=1S/C46H29NO/c1-5-18-34-30(13-1)16-11-26-42(34)47(44-29-32-15-3-4-17-33(32)36-20-7-8-21-37(36)44)43-25-10-9-22-38(43)39-23-12-24-40-41-28-27-31-14-2-6-19-35(31)45(41)48-46(39)40/h1-29H. The molecule has 0 saturated carbocycles. The van der Waals surface area contributed by atoms with Crippen molar-refractivity contribution in [3.8, 4) is 11.1 Å². The molecular weight excluding hydrogens is 583 g/mol. The van der Waals surface area contributed by atoms with Gasteiger partial charge < -0.3 is 9.32 Å². The van der Waals surface area contributed by atoms with Crippen LogP contribution in [0.1, 0.15) is 0 Å². The van der Waals surface area contributed by atoms with Crippen molar-refractivity contribution in [2.24, 2.45) is 0 Å². The van der Waals surface area contributed by atoms with Gasteiger partial charge in [-0.2, -0.15) is 0 Å². The molecule has 9 aromatic carbocycles. The van der Waals surface area contributed by atoms with Crippen LogP contribution in [-0.4, -0.2) is 0 Å². The fourth-order valence-electron chi connectivity index (χ4n) is 7.65. The van der Waals surface area contributed by atoms with Gasteiger partial charge in [-0.25, -0.2) is 0 Å². The minimum atomic E-state index is 0.901. The lowest BCUT2D eigenvalue weighted by atomic mass is 9.96. The van der Waals surface area contributed by atoms with Crippen LogP contribution in [0.4, 0.5) is 17.1 Å². The average Bonchev–Trinajstić information content (AvgIpc) is 3.55. The lowest BCUT2D eigenvalue weighted by Gasteiger charge is -2.30. The first kappa shape index (κ1) is 26.8. The van der Waals surface area contributed by atoms with Gasteiger partial charge in [-0.1, -0.05) is 152 Å². The highest BCUT2D eigenvalue weighted by Gasteiger charge is 2.23. The molecule has 2 heteroatoms. The summed E-state index contributed by atoms with van der Waals surface area (Å²) in [5, 5.41) is 11.9. The molecule has 0 unspecified atom stereocenters. The van der Waals surface area contributed by atoms with Gasteiger partial charge in [0.1, 0.15) is 11.2 Å². The van der Waals surface area contributed by atoms with Gasteiger partial charge in [0.2, 0.25) is 0 Å². The first-order valence-electron chi connectivity index (χ1n) is 16.4. The summed E-state index contributed by atoms with van der Waals surface area (Å²) >= 11 is 0. The molecule has 0 amide bonds. The van der Waals surface area contributed by atoms with E-state index in [-0.39, 0.29) is 0 Å². The zero-order valence-electron chi connectivity index (χ0n) is 26.1. The molecule has 10 rings (SSSR count). The van der Waals surface area contributed by atoms with E-state index in [0.29, 0.717) is 0 Å². The van der Waals surface area contributed by atoms with Crippen LogP contribution in [0.5, 0.6) is 0 Å². The van der Waals surface area contributed by atoms with Crippen LogP contribution in [0.25, 0.3) is 76.2 Å². The highest BCUT2D eigenvalue weighted by atomic mass is 16.3. The number of para-hydroxylation sites is 2. The minimum Gasteiger partial charge on any atom is -0.455 e. The quantitative estimate of drug-likeness (QED) is 0.184. The van der Waals surface area contributed by atoms with Crippen molar-refractivity contribution >= 4 is 82.1 Å². The van der Waals surface area contributed by atoms with Gasteiger partial charge in [-0.15, -0.1) is 0 Å². The predicted octanol–water partition coefficient (Wildman–Crippen LogP) is 13.3. The molecule has 0 N–H and O–H groups in total. The number of fused-ring (bicyclic) bond motifs is 9. The van der Waals surface area contributed by atoms with E-state index in [1.54, 1.807) is 0 Å². The summed E-state index contributed by atoms with van der Waals surface area (Å²) in [6.07, 6.45) is 0. The molecule has 224 valence electrons. The van der Waals surface area contributed by atoms with Gasteiger partial charge in [-0.05, 0) is 51.2 Å². The Morgan fingerprint density at radius 3 is 1.69 bits per heavy atom. The SMILES string of the molecule is c1ccc(N(c2cccc3ccccc23)c2cc3ccccc3c3ccccc23)c(-c2cccc3c2oc2c4ccccc4ccc32)c1. The molecule has 2 nitrogen and oxygen atoms in total.